The average Bonchev–Trinajstić information content (AvgIpc) is 3.30. The Kier molecular flexibility index (Phi) is 11.0. The lowest BCUT2D eigenvalue weighted by Crippen LogP contribution is -2.44. The molecule has 1 saturated heterocycles. The van der Waals surface area contributed by atoms with Crippen molar-refractivity contribution in [3.63, 3.8) is 0 Å². The van der Waals surface area contributed by atoms with E-state index in [4.69, 9.17) is 9.16 Å². The number of halogens is 1. The van der Waals surface area contributed by atoms with E-state index in [2.05, 4.69) is 56.5 Å². The van der Waals surface area contributed by atoms with Crippen LogP contribution in [-0.2, 0) is 9.16 Å². The first-order valence-electron chi connectivity index (χ1n) is 10.1. The average molecular weight is 469 g/mol. The summed E-state index contributed by atoms with van der Waals surface area (Å²) in [6, 6.07) is 0. The zero-order valence-corrected chi connectivity index (χ0v) is 20.0. The first kappa shape index (κ1) is 22.9. The molecule has 144 valence electrons. The van der Waals surface area contributed by atoms with Gasteiger partial charge in [0.25, 0.3) is 0 Å². The second-order valence-corrected chi connectivity index (χ2v) is 14.7. The molecule has 0 aromatic rings. The zero-order valence-electron chi connectivity index (χ0n) is 16.8. The molecule has 0 spiro atoms. The van der Waals surface area contributed by atoms with Crippen LogP contribution in [0.25, 0.3) is 0 Å². The molecule has 1 heterocycles. The highest BCUT2D eigenvalue weighted by Gasteiger charge is 2.38. The van der Waals surface area contributed by atoms with Crippen LogP contribution < -0.4 is 0 Å². The van der Waals surface area contributed by atoms with Gasteiger partial charge in [0.05, 0.1) is 18.8 Å². The molecule has 0 bridgehead atoms. The maximum absolute atomic E-state index is 6.57. The number of hydrogen-bond donors (Lipinski definition) is 0. The van der Waals surface area contributed by atoms with Gasteiger partial charge in [-0.3, -0.25) is 0 Å². The Morgan fingerprint density at radius 1 is 1.00 bits per heavy atom. The Hall–Kier alpha value is 0.867. The Morgan fingerprint density at radius 3 is 1.96 bits per heavy atom. The van der Waals surface area contributed by atoms with E-state index in [1.54, 1.807) is 0 Å². The minimum absolute atomic E-state index is 0.322. The third-order valence-corrected chi connectivity index (χ3v) is 11.2. The number of rotatable bonds is 14. The van der Waals surface area contributed by atoms with E-state index in [9.17, 15) is 0 Å². The van der Waals surface area contributed by atoms with Crippen LogP contribution in [-0.4, -0.2) is 31.6 Å². The highest BCUT2D eigenvalue weighted by molar-refractivity contribution is 14.1. The molecular formula is C20H41IO2Si. The summed E-state index contributed by atoms with van der Waals surface area (Å²) < 4.78 is 13.0. The minimum atomic E-state index is -1.60. The molecule has 1 rings (SSSR count). The fourth-order valence-corrected chi connectivity index (χ4v) is 5.15. The number of unbranched alkanes of at least 4 members (excludes halogenated alkanes) is 7. The standard InChI is InChI=1S/C20H41IO2Si/c1-20(2,3)24(4,5)23-18(16-21)14-12-10-8-6-7-9-11-13-15-19-17-22-19/h18-19H,6-17H2,1-5H3/t18-,19+/m1/s1. The van der Waals surface area contributed by atoms with Gasteiger partial charge in [0.15, 0.2) is 8.32 Å². The molecule has 24 heavy (non-hydrogen) atoms. The van der Waals surface area contributed by atoms with Crippen molar-refractivity contribution in [3.05, 3.63) is 0 Å². The van der Waals surface area contributed by atoms with Crippen molar-refractivity contribution < 1.29 is 9.16 Å². The molecule has 2 nitrogen and oxygen atoms in total. The molecular weight excluding hydrogens is 427 g/mol. The molecule has 0 amide bonds. The van der Waals surface area contributed by atoms with Crippen LogP contribution >= 0.6 is 22.6 Å². The van der Waals surface area contributed by atoms with Crippen LogP contribution in [0.2, 0.25) is 18.1 Å². The first-order chi connectivity index (χ1) is 11.3. The van der Waals surface area contributed by atoms with Crippen LogP contribution in [0.5, 0.6) is 0 Å². The van der Waals surface area contributed by atoms with Gasteiger partial charge in [-0.15, -0.1) is 0 Å². The van der Waals surface area contributed by atoms with E-state index >= 15 is 0 Å². The second-order valence-electron chi connectivity index (χ2n) is 9.02. The first-order valence-corrected chi connectivity index (χ1v) is 14.5. The minimum Gasteiger partial charge on any atom is -0.413 e. The second kappa shape index (κ2) is 11.6. The molecule has 0 radical (unpaired) electrons. The van der Waals surface area contributed by atoms with Crippen LogP contribution in [0.15, 0.2) is 0 Å². The summed E-state index contributed by atoms with van der Waals surface area (Å²) in [5.41, 5.74) is 0. The van der Waals surface area contributed by atoms with Gasteiger partial charge in [0.1, 0.15) is 0 Å². The molecule has 1 aliphatic rings. The van der Waals surface area contributed by atoms with Crippen LogP contribution in [0.3, 0.4) is 0 Å². The van der Waals surface area contributed by atoms with Gasteiger partial charge in [-0.1, -0.05) is 94.7 Å². The highest BCUT2D eigenvalue weighted by atomic mass is 127. The molecule has 0 unspecified atom stereocenters. The van der Waals surface area contributed by atoms with Gasteiger partial charge >= 0.3 is 0 Å². The predicted molar refractivity (Wildman–Crippen MR) is 117 cm³/mol. The molecule has 1 aliphatic heterocycles. The Bertz CT molecular complexity index is 324. The fraction of sp³-hybridized carbons (Fsp3) is 1.00. The van der Waals surface area contributed by atoms with E-state index in [0.29, 0.717) is 17.2 Å². The third-order valence-electron chi connectivity index (χ3n) is 5.64. The summed E-state index contributed by atoms with van der Waals surface area (Å²) in [6.07, 6.45) is 14.8. The summed E-state index contributed by atoms with van der Waals surface area (Å²) in [5, 5.41) is 0.322. The lowest BCUT2D eigenvalue weighted by Gasteiger charge is -2.39. The van der Waals surface area contributed by atoms with Crippen LogP contribution in [0.4, 0.5) is 0 Å². The largest absolute Gasteiger partial charge is 0.413 e. The van der Waals surface area contributed by atoms with Gasteiger partial charge in [-0.25, -0.2) is 0 Å². The normalized spacial score (nSPS) is 19.5. The third kappa shape index (κ3) is 10.1. The molecule has 2 atom stereocenters. The number of ether oxygens (including phenoxy) is 1. The fourth-order valence-electron chi connectivity index (χ4n) is 2.80. The molecule has 0 aliphatic carbocycles. The van der Waals surface area contributed by atoms with Gasteiger partial charge in [0, 0.05) is 4.43 Å². The van der Waals surface area contributed by atoms with Crippen molar-refractivity contribution in [2.75, 3.05) is 11.0 Å². The Morgan fingerprint density at radius 2 is 1.50 bits per heavy atom. The van der Waals surface area contributed by atoms with Crippen molar-refractivity contribution >= 4 is 30.9 Å². The highest BCUT2D eigenvalue weighted by Crippen LogP contribution is 2.38. The van der Waals surface area contributed by atoms with Gasteiger partial charge in [-0.2, -0.15) is 0 Å². The Balaban J connectivity index is 1.97. The number of alkyl halides is 1. The molecule has 0 saturated carbocycles. The summed E-state index contributed by atoms with van der Waals surface area (Å²) in [4.78, 5) is 0. The van der Waals surface area contributed by atoms with Gasteiger partial charge in [-0.05, 0) is 31.0 Å². The Labute approximate surface area is 166 Å². The summed E-state index contributed by atoms with van der Waals surface area (Å²) in [7, 11) is -1.60. The van der Waals surface area contributed by atoms with Crippen molar-refractivity contribution in [2.45, 2.75) is 115 Å². The topological polar surface area (TPSA) is 21.8 Å². The molecule has 0 aromatic heterocycles. The smallest absolute Gasteiger partial charge is 0.192 e. The number of epoxide rings is 1. The quantitative estimate of drug-likeness (QED) is 0.0891. The summed E-state index contributed by atoms with van der Waals surface area (Å²) >= 11 is 2.50. The maximum atomic E-state index is 6.57. The lowest BCUT2D eigenvalue weighted by molar-refractivity contribution is 0.192. The predicted octanol–water partition coefficient (Wildman–Crippen LogP) is 7.11. The van der Waals surface area contributed by atoms with Gasteiger partial charge in [0.2, 0.25) is 0 Å². The van der Waals surface area contributed by atoms with Crippen molar-refractivity contribution in [1.29, 1.82) is 0 Å². The van der Waals surface area contributed by atoms with Crippen molar-refractivity contribution in [2.24, 2.45) is 0 Å². The SMILES string of the molecule is CC(C)(C)[Si](C)(C)O[C@@H](CI)CCCCCCCCCC[C@H]1CO1. The van der Waals surface area contributed by atoms with E-state index in [0.717, 1.165) is 11.0 Å². The monoisotopic (exact) mass is 468 g/mol. The summed E-state index contributed by atoms with van der Waals surface area (Å²) in [6.45, 7) is 12.8. The lowest BCUT2D eigenvalue weighted by atomic mass is 10.0. The van der Waals surface area contributed by atoms with E-state index in [1.807, 2.05) is 0 Å². The molecule has 0 N–H and O–H groups in total. The summed E-state index contributed by atoms with van der Waals surface area (Å²) in [5.74, 6) is 0. The van der Waals surface area contributed by atoms with Crippen molar-refractivity contribution in [1.82, 2.24) is 0 Å². The van der Waals surface area contributed by atoms with Gasteiger partial charge < -0.3 is 9.16 Å². The van der Waals surface area contributed by atoms with Crippen LogP contribution in [0.1, 0.15) is 85.0 Å². The number of hydrogen-bond acceptors (Lipinski definition) is 2. The molecule has 0 aromatic carbocycles. The van der Waals surface area contributed by atoms with Crippen LogP contribution in [0, 0.1) is 0 Å². The molecule has 1 fully saturated rings. The zero-order chi connectivity index (χ0) is 18.1. The maximum Gasteiger partial charge on any atom is 0.192 e. The molecule has 4 heteroatoms. The van der Waals surface area contributed by atoms with E-state index in [-0.39, 0.29) is 0 Å². The van der Waals surface area contributed by atoms with Crippen molar-refractivity contribution in [3.8, 4) is 0 Å². The van der Waals surface area contributed by atoms with E-state index in [1.165, 1.54) is 64.2 Å². The van der Waals surface area contributed by atoms with E-state index < -0.39 is 8.32 Å².